The predicted molar refractivity (Wildman–Crippen MR) is 142 cm³/mol. The Morgan fingerprint density at radius 1 is 0.588 bits per heavy atom. The van der Waals surface area contributed by atoms with Gasteiger partial charge in [-0.05, 0) is 0 Å². The van der Waals surface area contributed by atoms with E-state index in [1.165, 1.54) is 47.4 Å². The number of hydrogen-bond donors (Lipinski definition) is 4. The predicted octanol–water partition coefficient (Wildman–Crippen LogP) is 3.87. The van der Waals surface area contributed by atoms with Crippen LogP contribution >= 0.6 is 0 Å². The number of carbonyl (C=O) groups excluding carboxylic acids is 2. The van der Waals surface area contributed by atoms with Gasteiger partial charge in [0.05, 0.1) is 0 Å². The third-order valence-electron chi connectivity index (χ3n) is 6.37. The van der Waals surface area contributed by atoms with E-state index in [0.717, 1.165) is 37.1 Å². The fourth-order valence-corrected chi connectivity index (χ4v) is 11.5. The van der Waals surface area contributed by atoms with E-state index in [1.54, 1.807) is 0 Å². The molecular formula is C26H34N4O2Se2. The molecule has 2 aliphatic rings. The zero-order valence-electron chi connectivity index (χ0n) is 19.5. The number of urea groups is 2. The summed E-state index contributed by atoms with van der Waals surface area (Å²) in [5.74, 6) is 0. The summed E-state index contributed by atoms with van der Waals surface area (Å²) in [7, 11) is 0. The zero-order chi connectivity index (χ0) is 23.6. The molecule has 2 aromatic carbocycles. The molecule has 0 aromatic heterocycles. The number of carbonyl (C=O) groups is 2. The van der Waals surface area contributed by atoms with E-state index in [4.69, 9.17) is 0 Å². The van der Waals surface area contributed by atoms with Gasteiger partial charge in [-0.1, -0.05) is 0 Å². The molecule has 34 heavy (non-hydrogen) atoms. The van der Waals surface area contributed by atoms with Gasteiger partial charge in [0.15, 0.2) is 0 Å². The number of nitrogens with one attached hydrogen (secondary N) is 4. The van der Waals surface area contributed by atoms with Gasteiger partial charge in [-0.3, -0.25) is 0 Å². The molecule has 0 saturated heterocycles. The first-order valence-electron chi connectivity index (χ1n) is 12.3. The van der Waals surface area contributed by atoms with E-state index < -0.39 is 0 Å². The van der Waals surface area contributed by atoms with Crippen LogP contribution in [0.4, 0.5) is 21.0 Å². The molecule has 6 nitrogen and oxygen atoms in total. The fraction of sp³-hybridized carbons (Fsp3) is 0.462. The number of rotatable bonds is 7. The molecule has 0 heterocycles. The Balaban J connectivity index is 1.33. The van der Waals surface area contributed by atoms with Crippen molar-refractivity contribution in [3.05, 3.63) is 48.5 Å². The van der Waals surface area contributed by atoms with E-state index in [2.05, 4.69) is 33.4 Å². The van der Waals surface area contributed by atoms with Gasteiger partial charge in [0, 0.05) is 0 Å². The summed E-state index contributed by atoms with van der Waals surface area (Å²) in [5.41, 5.74) is 1.77. The standard InChI is InChI=1S/C26H34N4O2Se2/c31-25(27-19-11-3-1-4-12-19)29-21-15-7-9-17-23(21)33-34-24-18-10-8-16-22(24)30-26(32)28-20-13-5-2-6-14-20/h7-10,15-20H,1-6,11-14H2,(H2,27,29,31)(H2,28,30,32). The third kappa shape index (κ3) is 7.78. The van der Waals surface area contributed by atoms with Crippen molar-refractivity contribution >= 4 is 58.6 Å². The molecule has 0 unspecified atom stereocenters. The van der Waals surface area contributed by atoms with Gasteiger partial charge < -0.3 is 0 Å². The summed E-state index contributed by atoms with van der Waals surface area (Å²) < 4.78 is 2.35. The van der Waals surface area contributed by atoms with E-state index in [1.807, 2.05) is 36.4 Å². The van der Waals surface area contributed by atoms with E-state index in [-0.39, 0.29) is 50.4 Å². The van der Waals surface area contributed by atoms with Gasteiger partial charge in [0.2, 0.25) is 0 Å². The molecule has 0 radical (unpaired) electrons. The van der Waals surface area contributed by atoms with Gasteiger partial charge in [-0.2, -0.15) is 0 Å². The molecule has 4 amide bonds. The SMILES string of the molecule is O=C(Nc1ccccc1[Se][Se]c1ccccc1NC(=O)NC1CCCCC1)NC1CCCCC1. The quantitative estimate of drug-likeness (QED) is 0.369. The third-order valence-corrected chi connectivity index (χ3v) is 13.6. The molecule has 2 aromatic rings. The van der Waals surface area contributed by atoms with Gasteiger partial charge in [-0.25, -0.2) is 0 Å². The van der Waals surface area contributed by atoms with Crippen LogP contribution in [0.3, 0.4) is 0 Å². The number of benzene rings is 2. The summed E-state index contributed by atoms with van der Waals surface area (Å²) in [6.45, 7) is 0. The first-order chi connectivity index (χ1) is 16.7. The Labute approximate surface area is 213 Å². The Bertz CT molecular complexity index is 882. The molecule has 2 fully saturated rings. The van der Waals surface area contributed by atoms with Crippen molar-refractivity contribution in [2.45, 2.75) is 76.3 Å². The molecule has 2 aliphatic carbocycles. The summed E-state index contributed by atoms with van der Waals surface area (Å²) in [6, 6.07) is 16.5. The number of para-hydroxylation sites is 2. The summed E-state index contributed by atoms with van der Waals surface area (Å²) in [6.07, 6.45) is 11.6. The molecule has 8 heteroatoms. The van der Waals surface area contributed by atoms with Crippen LogP contribution in [0.25, 0.3) is 0 Å². The fourth-order valence-electron chi connectivity index (χ4n) is 4.56. The van der Waals surface area contributed by atoms with Crippen molar-refractivity contribution in [2.75, 3.05) is 10.6 Å². The second-order valence-corrected chi connectivity index (χ2v) is 15.2. The Morgan fingerprint density at radius 2 is 0.971 bits per heavy atom. The summed E-state index contributed by atoms with van der Waals surface area (Å²) in [5, 5.41) is 12.4. The van der Waals surface area contributed by atoms with E-state index in [0.29, 0.717) is 0 Å². The van der Waals surface area contributed by atoms with Crippen LogP contribution in [0.15, 0.2) is 48.5 Å². The van der Waals surface area contributed by atoms with Crippen LogP contribution in [0.5, 0.6) is 0 Å². The van der Waals surface area contributed by atoms with Crippen molar-refractivity contribution < 1.29 is 9.59 Å². The molecule has 0 bridgehead atoms. The maximum absolute atomic E-state index is 12.6. The van der Waals surface area contributed by atoms with Gasteiger partial charge in [0.25, 0.3) is 0 Å². The van der Waals surface area contributed by atoms with Crippen molar-refractivity contribution in [3.63, 3.8) is 0 Å². The van der Waals surface area contributed by atoms with Gasteiger partial charge in [0.1, 0.15) is 0 Å². The second-order valence-electron chi connectivity index (χ2n) is 9.03. The minimum atomic E-state index is -0.107. The van der Waals surface area contributed by atoms with Crippen molar-refractivity contribution in [2.24, 2.45) is 0 Å². The van der Waals surface area contributed by atoms with Gasteiger partial charge in [-0.15, -0.1) is 0 Å². The molecule has 0 atom stereocenters. The minimum absolute atomic E-state index is 0.107. The molecule has 0 spiro atoms. The van der Waals surface area contributed by atoms with Crippen molar-refractivity contribution in [3.8, 4) is 0 Å². The average molecular weight is 593 g/mol. The number of hydrogen-bond acceptors (Lipinski definition) is 2. The Hall–Kier alpha value is -1.98. The molecule has 4 N–H and O–H groups in total. The summed E-state index contributed by atoms with van der Waals surface area (Å²) >= 11 is 0.332. The molecule has 2 saturated carbocycles. The van der Waals surface area contributed by atoms with Crippen LogP contribution in [0.2, 0.25) is 0 Å². The zero-order valence-corrected chi connectivity index (χ0v) is 22.9. The monoisotopic (exact) mass is 594 g/mol. The van der Waals surface area contributed by atoms with Gasteiger partial charge >= 0.3 is 214 Å². The van der Waals surface area contributed by atoms with Crippen molar-refractivity contribution in [1.29, 1.82) is 0 Å². The van der Waals surface area contributed by atoms with Crippen LogP contribution in [0.1, 0.15) is 64.2 Å². The second kappa shape index (κ2) is 13.2. The van der Waals surface area contributed by atoms with Crippen LogP contribution in [-0.2, 0) is 0 Å². The first kappa shape index (κ1) is 25.1. The molecule has 0 aliphatic heterocycles. The first-order valence-corrected chi connectivity index (χ1v) is 18.4. The normalized spacial score (nSPS) is 17.1. The molecule has 4 rings (SSSR count). The molecule has 182 valence electrons. The van der Waals surface area contributed by atoms with Crippen molar-refractivity contribution in [1.82, 2.24) is 10.6 Å². The van der Waals surface area contributed by atoms with Crippen LogP contribution < -0.4 is 30.2 Å². The number of amides is 4. The topological polar surface area (TPSA) is 82.3 Å². The average Bonchev–Trinajstić information content (AvgIpc) is 2.85. The summed E-state index contributed by atoms with van der Waals surface area (Å²) in [4.78, 5) is 25.2. The van der Waals surface area contributed by atoms with Crippen LogP contribution in [0, 0.1) is 0 Å². The van der Waals surface area contributed by atoms with E-state index >= 15 is 0 Å². The van der Waals surface area contributed by atoms with E-state index in [9.17, 15) is 9.59 Å². The molecular weight excluding hydrogens is 558 g/mol. The van der Waals surface area contributed by atoms with Crippen LogP contribution in [-0.4, -0.2) is 50.4 Å². The number of anilines is 2. The Kier molecular flexibility index (Phi) is 9.75. The maximum atomic E-state index is 12.6. The Morgan fingerprint density at radius 3 is 1.38 bits per heavy atom.